The lowest BCUT2D eigenvalue weighted by Gasteiger charge is -2.21. The first kappa shape index (κ1) is 14.3. The van der Waals surface area contributed by atoms with Crippen LogP contribution in [-0.4, -0.2) is 0 Å². The number of hydrogen-bond acceptors (Lipinski definition) is 2. The minimum atomic E-state index is 0.448. The van der Waals surface area contributed by atoms with E-state index in [2.05, 4.69) is 68.6 Å². The van der Waals surface area contributed by atoms with E-state index in [9.17, 15) is 0 Å². The van der Waals surface area contributed by atoms with Crippen molar-refractivity contribution in [1.29, 1.82) is 0 Å². The summed E-state index contributed by atoms with van der Waals surface area (Å²) in [5.74, 6) is 0.697. The monoisotopic (exact) mass is 273 g/mol. The number of hydrogen-bond donors (Lipinski definition) is 1. The smallest absolute Gasteiger partial charge is 0.0326 e. The summed E-state index contributed by atoms with van der Waals surface area (Å²) < 4.78 is 0. The highest BCUT2D eigenvalue weighted by atomic mass is 32.1. The van der Waals surface area contributed by atoms with Crippen LogP contribution in [0.15, 0.2) is 42.5 Å². The van der Waals surface area contributed by atoms with Gasteiger partial charge in [0.1, 0.15) is 0 Å². The summed E-state index contributed by atoms with van der Waals surface area (Å²) >= 11 is 1.88. The van der Waals surface area contributed by atoms with Gasteiger partial charge >= 0.3 is 0 Å². The molecule has 1 nitrogen and oxygen atoms in total. The van der Waals surface area contributed by atoms with Crippen LogP contribution < -0.4 is 5.32 Å². The van der Waals surface area contributed by atoms with Gasteiger partial charge in [0.2, 0.25) is 0 Å². The quantitative estimate of drug-likeness (QED) is 0.786. The van der Waals surface area contributed by atoms with Crippen LogP contribution in [0.4, 0.5) is 0 Å². The topological polar surface area (TPSA) is 12.0 Å². The Hall–Kier alpha value is -1.12. The molecule has 1 aromatic heterocycles. The normalized spacial score (nSPS) is 12.8. The summed E-state index contributed by atoms with van der Waals surface area (Å²) in [4.78, 5) is 2.80. The number of thiophene rings is 1. The summed E-state index contributed by atoms with van der Waals surface area (Å²) in [5.41, 5.74) is 1.39. The summed E-state index contributed by atoms with van der Waals surface area (Å²) in [5, 5.41) is 3.71. The van der Waals surface area contributed by atoms with Gasteiger partial charge in [0, 0.05) is 22.3 Å². The summed E-state index contributed by atoms with van der Waals surface area (Å²) in [6, 6.07) is 15.6. The molecule has 102 valence electrons. The van der Waals surface area contributed by atoms with Crippen molar-refractivity contribution in [3.63, 3.8) is 0 Å². The van der Waals surface area contributed by atoms with E-state index < -0.39 is 0 Å². The Bertz CT molecular complexity index is 487. The summed E-state index contributed by atoms with van der Waals surface area (Å²) in [6.07, 6.45) is 1.17. The highest BCUT2D eigenvalue weighted by molar-refractivity contribution is 7.11. The molecule has 0 aliphatic heterocycles. The van der Waals surface area contributed by atoms with Gasteiger partial charge in [0.05, 0.1) is 0 Å². The van der Waals surface area contributed by atoms with E-state index in [0.29, 0.717) is 12.0 Å². The molecule has 0 saturated heterocycles. The lowest BCUT2D eigenvalue weighted by Crippen LogP contribution is -2.22. The fourth-order valence-electron chi connectivity index (χ4n) is 2.30. The van der Waals surface area contributed by atoms with Crippen LogP contribution >= 0.6 is 11.3 Å². The van der Waals surface area contributed by atoms with Crippen LogP contribution in [0.1, 0.15) is 41.6 Å². The predicted molar refractivity (Wildman–Crippen MR) is 84.5 cm³/mol. The minimum Gasteiger partial charge on any atom is -0.305 e. The van der Waals surface area contributed by atoms with Gasteiger partial charge < -0.3 is 5.32 Å². The van der Waals surface area contributed by atoms with Crippen molar-refractivity contribution < 1.29 is 0 Å². The second kappa shape index (κ2) is 6.88. The van der Waals surface area contributed by atoms with Gasteiger partial charge in [-0.25, -0.2) is 0 Å². The molecule has 1 heterocycles. The van der Waals surface area contributed by atoms with Gasteiger partial charge in [-0.1, -0.05) is 44.2 Å². The molecule has 0 fully saturated rings. The maximum Gasteiger partial charge on any atom is 0.0326 e. The zero-order valence-electron chi connectivity index (χ0n) is 12.0. The number of benzene rings is 1. The Morgan fingerprint density at radius 1 is 1.05 bits per heavy atom. The maximum absolute atomic E-state index is 3.71. The molecule has 2 aromatic rings. The second-order valence-corrected chi connectivity index (χ2v) is 6.86. The lowest BCUT2D eigenvalue weighted by molar-refractivity contribution is 0.430. The molecule has 0 radical (unpaired) electrons. The number of aryl methyl sites for hydroxylation is 1. The van der Waals surface area contributed by atoms with Crippen LogP contribution in [0, 0.1) is 12.8 Å². The molecule has 0 aliphatic rings. The predicted octanol–water partition coefficient (Wildman–Crippen LogP) is 4.93. The summed E-state index contributed by atoms with van der Waals surface area (Å²) in [7, 11) is 0. The zero-order valence-corrected chi connectivity index (χ0v) is 12.8. The van der Waals surface area contributed by atoms with Crippen molar-refractivity contribution in [2.24, 2.45) is 5.92 Å². The fourth-order valence-corrected chi connectivity index (χ4v) is 3.14. The molecule has 0 bridgehead atoms. The van der Waals surface area contributed by atoms with Crippen molar-refractivity contribution in [3.8, 4) is 0 Å². The van der Waals surface area contributed by atoms with E-state index in [0.717, 1.165) is 6.54 Å². The van der Waals surface area contributed by atoms with Crippen LogP contribution in [0.3, 0.4) is 0 Å². The van der Waals surface area contributed by atoms with Crippen LogP contribution in [0.2, 0.25) is 0 Å². The van der Waals surface area contributed by atoms with E-state index in [4.69, 9.17) is 0 Å². The minimum absolute atomic E-state index is 0.448. The zero-order chi connectivity index (χ0) is 13.7. The Labute approximate surface area is 120 Å². The average molecular weight is 273 g/mol. The third-order valence-electron chi connectivity index (χ3n) is 3.23. The van der Waals surface area contributed by atoms with E-state index >= 15 is 0 Å². The Kier molecular flexibility index (Phi) is 5.17. The van der Waals surface area contributed by atoms with Crippen molar-refractivity contribution in [1.82, 2.24) is 5.32 Å². The molecule has 1 N–H and O–H groups in total. The molecular formula is C17H23NS. The number of rotatable bonds is 6. The Morgan fingerprint density at radius 3 is 2.37 bits per heavy atom. The van der Waals surface area contributed by atoms with Crippen molar-refractivity contribution >= 4 is 11.3 Å². The van der Waals surface area contributed by atoms with Crippen LogP contribution in [0.25, 0.3) is 0 Å². The highest BCUT2D eigenvalue weighted by Gasteiger charge is 2.12. The molecule has 1 atom stereocenters. The Balaban J connectivity index is 2.02. The molecule has 2 rings (SSSR count). The molecule has 0 amide bonds. The molecule has 1 unspecified atom stereocenters. The second-order valence-electron chi connectivity index (χ2n) is 5.49. The van der Waals surface area contributed by atoms with E-state index in [1.807, 2.05) is 11.3 Å². The maximum atomic E-state index is 3.71. The van der Waals surface area contributed by atoms with Gasteiger partial charge in [-0.05, 0) is 37.0 Å². The van der Waals surface area contributed by atoms with Gasteiger partial charge in [0.25, 0.3) is 0 Å². The Morgan fingerprint density at radius 2 is 1.79 bits per heavy atom. The first-order chi connectivity index (χ1) is 9.15. The molecule has 0 spiro atoms. The largest absolute Gasteiger partial charge is 0.305 e. The molecular weight excluding hydrogens is 250 g/mol. The molecule has 0 aliphatic carbocycles. The molecule has 1 aromatic carbocycles. The first-order valence-corrected chi connectivity index (χ1v) is 7.80. The van der Waals surface area contributed by atoms with Gasteiger partial charge in [-0.15, -0.1) is 11.3 Å². The highest BCUT2D eigenvalue weighted by Crippen LogP contribution is 2.23. The van der Waals surface area contributed by atoms with E-state index in [1.54, 1.807) is 0 Å². The van der Waals surface area contributed by atoms with Gasteiger partial charge in [-0.2, -0.15) is 0 Å². The molecule has 19 heavy (non-hydrogen) atoms. The third kappa shape index (κ3) is 4.48. The summed E-state index contributed by atoms with van der Waals surface area (Å²) in [6.45, 7) is 7.70. The van der Waals surface area contributed by atoms with Gasteiger partial charge in [0.15, 0.2) is 0 Å². The number of nitrogens with one attached hydrogen (secondary N) is 1. The molecule has 2 heteroatoms. The average Bonchev–Trinajstić information content (AvgIpc) is 2.81. The van der Waals surface area contributed by atoms with Crippen molar-refractivity contribution in [2.45, 2.75) is 39.8 Å². The van der Waals surface area contributed by atoms with E-state index in [1.165, 1.54) is 21.7 Å². The van der Waals surface area contributed by atoms with Crippen molar-refractivity contribution in [3.05, 3.63) is 57.8 Å². The van der Waals surface area contributed by atoms with Gasteiger partial charge in [-0.3, -0.25) is 0 Å². The first-order valence-electron chi connectivity index (χ1n) is 6.99. The SMILES string of the molecule is Cc1ccc(CNC(CC(C)C)c2ccccc2)s1. The third-order valence-corrected chi connectivity index (χ3v) is 4.23. The van der Waals surface area contributed by atoms with Crippen LogP contribution in [-0.2, 0) is 6.54 Å². The fraction of sp³-hybridized carbons (Fsp3) is 0.412. The lowest BCUT2D eigenvalue weighted by atomic mass is 9.97. The van der Waals surface area contributed by atoms with Crippen LogP contribution in [0.5, 0.6) is 0 Å². The standard InChI is InChI=1S/C17H23NS/c1-13(2)11-17(15-7-5-4-6-8-15)18-12-16-10-9-14(3)19-16/h4-10,13,17-18H,11-12H2,1-3H3. The molecule has 0 saturated carbocycles. The van der Waals surface area contributed by atoms with E-state index in [-0.39, 0.29) is 0 Å². The van der Waals surface area contributed by atoms with Crippen molar-refractivity contribution in [2.75, 3.05) is 0 Å².